The predicted octanol–water partition coefficient (Wildman–Crippen LogP) is 1.90. The Hall–Kier alpha value is -1.35. The molecule has 0 atom stereocenters. The maximum atomic E-state index is 5.57. The molecular formula is C11H14N2O. The van der Waals surface area contributed by atoms with Crippen molar-refractivity contribution in [2.45, 2.75) is 13.3 Å². The van der Waals surface area contributed by atoms with Crippen LogP contribution in [0.3, 0.4) is 0 Å². The lowest BCUT2D eigenvalue weighted by atomic mass is 10.2. The number of oxazole rings is 1. The molecule has 0 bridgehead atoms. The monoisotopic (exact) mass is 190 g/mol. The summed E-state index contributed by atoms with van der Waals surface area (Å²) in [5.74, 6) is 0.806. The first-order valence-corrected chi connectivity index (χ1v) is 4.80. The van der Waals surface area contributed by atoms with Gasteiger partial charge in [-0.05, 0) is 31.7 Å². The zero-order valence-corrected chi connectivity index (χ0v) is 8.50. The standard InChI is InChI=1S/C11H14N2O/c1-8-3-4-10-9(7-8)13-11(14-10)5-6-12-2/h3-4,7,12H,5-6H2,1-2H3. The van der Waals surface area contributed by atoms with Gasteiger partial charge in [-0.2, -0.15) is 0 Å². The summed E-state index contributed by atoms with van der Waals surface area (Å²) in [6.07, 6.45) is 0.838. The highest BCUT2D eigenvalue weighted by Crippen LogP contribution is 2.16. The minimum atomic E-state index is 0.806. The minimum Gasteiger partial charge on any atom is -0.441 e. The molecule has 0 unspecified atom stereocenters. The number of fused-ring (bicyclic) bond motifs is 1. The van der Waals surface area contributed by atoms with Crippen LogP contribution < -0.4 is 5.32 Å². The van der Waals surface area contributed by atoms with E-state index in [4.69, 9.17) is 4.42 Å². The number of nitrogens with zero attached hydrogens (tertiary/aromatic N) is 1. The van der Waals surface area contributed by atoms with Crippen LogP contribution in [0.25, 0.3) is 11.1 Å². The Balaban J connectivity index is 2.32. The van der Waals surface area contributed by atoms with E-state index in [2.05, 4.69) is 17.2 Å². The second-order valence-corrected chi connectivity index (χ2v) is 3.43. The van der Waals surface area contributed by atoms with E-state index in [9.17, 15) is 0 Å². The molecule has 3 heteroatoms. The van der Waals surface area contributed by atoms with Crippen molar-refractivity contribution in [2.75, 3.05) is 13.6 Å². The molecule has 2 rings (SSSR count). The van der Waals surface area contributed by atoms with Crippen molar-refractivity contribution >= 4 is 11.1 Å². The van der Waals surface area contributed by atoms with Crippen molar-refractivity contribution in [2.24, 2.45) is 0 Å². The van der Waals surface area contributed by atoms with Gasteiger partial charge in [0, 0.05) is 13.0 Å². The van der Waals surface area contributed by atoms with E-state index in [1.165, 1.54) is 5.56 Å². The Kier molecular flexibility index (Phi) is 2.50. The maximum absolute atomic E-state index is 5.57. The molecule has 0 saturated carbocycles. The molecule has 2 aromatic rings. The molecule has 0 radical (unpaired) electrons. The molecule has 0 aliphatic heterocycles. The topological polar surface area (TPSA) is 38.1 Å². The van der Waals surface area contributed by atoms with Crippen LogP contribution in [0.1, 0.15) is 11.5 Å². The molecule has 1 aromatic carbocycles. The summed E-state index contributed by atoms with van der Waals surface area (Å²) in [7, 11) is 1.92. The Bertz CT molecular complexity index is 434. The first kappa shape index (κ1) is 9.21. The molecule has 1 heterocycles. The van der Waals surface area contributed by atoms with Crippen LogP contribution in [0.2, 0.25) is 0 Å². The fourth-order valence-electron chi connectivity index (χ4n) is 1.42. The molecule has 1 N–H and O–H groups in total. The van der Waals surface area contributed by atoms with Gasteiger partial charge < -0.3 is 9.73 Å². The smallest absolute Gasteiger partial charge is 0.196 e. The first-order chi connectivity index (χ1) is 6.79. The summed E-state index contributed by atoms with van der Waals surface area (Å²) in [6, 6.07) is 6.05. The number of rotatable bonds is 3. The lowest BCUT2D eigenvalue weighted by Gasteiger charge is -1.91. The number of nitrogens with one attached hydrogen (secondary N) is 1. The molecule has 0 spiro atoms. The van der Waals surface area contributed by atoms with Gasteiger partial charge in [-0.1, -0.05) is 6.07 Å². The van der Waals surface area contributed by atoms with Crippen molar-refractivity contribution < 1.29 is 4.42 Å². The SMILES string of the molecule is CNCCc1nc2cc(C)ccc2o1. The van der Waals surface area contributed by atoms with E-state index in [-0.39, 0.29) is 0 Å². The molecule has 0 amide bonds. The molecular weight excluding hydrogens is 176 g/mol. The van der Waals surface area contributed by atoms with Crippen LogP contribution >= 0.6 is 0 Å². The van der Waals surface area contributed by atoms with E-state index < -0.39 is 0 Å². The average molecular weight is 190 g/mol. The highest BCUT2D eigenvalue weighted by molar-refractivity contribution is 5.73. The largest absolute Gasteiger partial charge is 0.441 e. The van der Waals surface area contributed by atoms with Crippen molar-refractivity contribution in [3.63, 3.8) is 0 Å². The van der Waals surface area contributed by atoms with E-state index >= 15 is 0 Å². The summed E-state index contributed by atoms with van der Waals surface area (Å²) < 4.78 is 5.57. The Labute approximate surface area is 83.1 Å². The van der Waals surface area contributed by atoms with Gasteiger partial charge in [0.1, 0.15) is 5.52 Å². The van der Waals surface area contributed by atoms with Gasteiger partial charge in [-0.15, -0.1) is 0 Å². The van der Waals surface area contributed by atoms with Crippen molar-refractivity contribution in [3.05, 3.63) is 29.7 Å². The maximum Gasteiger partial charge on any atom is 0.196 e. The highest BCUT2D eigenvalue weighted by Gasteiger charge is 2.04. The number of benzene rings is 1. The van der Waals surface area contributed by atoms with Gasteiger partial charge in [-0.3, -0.25) is 0 Å². The van der Waals surface area contributed by atoms with Gasteiger partial charge in [0.2, 0.25) is 0 Å². The number of aromatic nitrogens is 1. The summed E-state index contributed by atoms with van der Waals surface area (Å²) in [5, 5.41) is 3.07. The van der Waals surface area contributed by atoms with Crippen molar-refractivity contribution in [1.82, 2.24) is 10.3 Å². The molecule has 0 aliphatic rings. The van der Waals surface area contributed by atoms with Crippen LogP contribution in [0.4, 0.5) is 0 Å². The molecule has 0 saturated heterocycles. The molecule has 74 valence electrons. The van der Waals surface area contributed by atoms with Crippen LogP contribution in [0.15, 0.2) is 22.6 Å². The number of aryl methyl sites for hydroxylation is 1. The molecule has 0 fully saturated rings. The van der Waals surface area contributed by atoms with Crippen molar-refractivity contribution in [3.8, 4) is 0 Å². The van der Waals surface area contributed by atoms with Crippen LogP contribution in [-0.2, 0) is 6.42 Å². The first-order valence-electron chi connectivity index (χ1n) is 4.80. The number of hydrogen-bond donors (Lipinski definition) is 1. The van der Waals surface area contributed by atoms with Crippen LogP contribution in [0.5, 0.6) is 0 Å². The summed E-state index contributed by atoms with van der Waals surface area (Å²) >= 11 is 0. The lowest BCUT2D eigenvalue weighted by Crippen LogP contribution is -2.10. The molecule has 14 heavy (non-hydrogen) atoms. The van der Waals surface area contributed by atoms with E-state index in [1.54, 1.807) is 0 Å². The van der Waals surface area contributed by atoms with E-state index in [0.717, 1.165) is 30.0 Å². The Morgan fingerprint density at radius 1 is 1.43 bits per heavy atom. The third-order valence-electron chi connectivity index (χ3n) is 2.18. The zero-order valence-electron chi connectivity index (χ0n) is 8.50. The van der Waals surface area contributed by atoms with Crippen molar-refractivity contribution in [1.29, 1.82) is 0 Å². The number of hydrogen-bond acceptors (Lipinski definition) is 3. The van der Waals surface area contributed by atoms with E-state index in [1.807, 2.05) is 25.2 Å². The van der Waals surface area contributed by atoms with Gasteiger partial charge >= 0.3 is 0 Å². The fourth-order valence-corrected chi connectivity index (χ4v) is 1.42. The Morgan fingerprint density at radius 2 is 2.29 bits per heavy atom. The fraction of sp³-hybridized carbons (Fsp3) is 0.364. The Morgan fingerprint density at radius 3 is 3.07 bits per heavy atom. The third-order valence-corrected chi connectivity index (χ3v) is 2.18. The summed E-state index contributed by atoms with van der Waals surface area (Å²) in [5.41, 5.74) is 3.05. The summed E-state index contributed by atoms with van der Waals surface area (Å²) in [6.45, 7) is 2.95. The summed E-state index contributed by atoms with van der Waals surface area (Å²) in [4.78, 5) is 4.40. The average Bonchev–Trinajstić information content (AvgIpc) is 2.56. The van der Waals surface area contributed by atoms with E-state index in [0.29, 0.717) is 0 Å². The van der Waals surface area contributed by atoms with Crippen LogP contribution in [-0.4, -0.2) is 18.6 Å². The minimum absolute atomic E-state index is 0.806. The predicted molar refractivity (Wildman–Crippen MR) is 56.4 cm³/mol. The second-order valence-electron chi connectivity index (χ2n) is 3.43. The molecule has 3 nitrogen and oxygen atoms in total. The van der Waals surface area contributed by atoms with Gasteiger partial charge in [0.05, 0.1) is 0 Å². The third kappa shape index (κ3) is 1.77. The quantitative estimate of drug-likeness (QED) is 0.803. The number of likely N-dealkylation sites (N-methyl/N-ethyl adjacent to an activating group) is 1. The molecule has 0 aliphatic carbocycles. The van der Waals surface area contributed by atoms with Gasteiger partial charge in [0.25, 0.3) is 0 Å². The zero-order chi connectivity index (χ0) is 9.97. The lowest BCUT2D eigenvalue weighted by molar-refractivity contribution is 0.522. The second kappa shape index (κ2) is 3.80. The van der Waals surface area contributed by atoms with Crippen LogP contribution in [0, 0.1) is 6.92 Å². The highest BCUT2D eigenvalue weighted by atomic mass is 16.3. The van der Waals surface area contributed by atoms with Gasteiger partial charge in [-0.25, -0.2) is 4.98 Å². The normalized spacial score (nSPS) is 11.0. The molecule has 1 aromatic heterocycles. The van der Waals surface area contributed by atoms with Gasteiger partial charge in [0.15, 0.2) is 11.5 Å².